The van der Waals surface area contributed by atoms with E-state index in [1.807, 2.05) is 0 Å². The molecular formula is C15H22N6O5. The zero-order chi connectivity index (χ0) is 19.3. The highest BCUT2D eigenvalue weighted by Crippen LogP contribution is 2.08. The fourth-order valence-corrected chi connectivity index (χ4v) is 2.59. The van der Waals surface area contributed by atoms with Crippen LogP contribution < -0.4 is 21.7 Å². The van der Waals surface area contributed by atoms with E-state index in [4.69, 9.17) is 5.73 Å². The minimum Gasteiger partial charge on any atom is -0.391 e. The number of hydrogen-bond donors (Lipinski definition) is 6. The van der Waals surface area contributed by atoms with E-state index in [2.05, 4.69) is 25.9 Å². The van der Waals surface area contributed by atoms with Gasteiger partial charge in [0.1, 0.15) is 18.1 Å². The Hall–Kier alpha value is -2.95. The summed E-state index contributed by atoms with van der Waals surface area (Å²) in [5, 5.41) is 17.0. The molecule has 0 bridgehead atoms. The number of amides is 4. The standard InChI is InChI=1S/C15H22N6O5/c1-7(22)12(13(16)24)21-15(26)10(4-8-5-17-6-18-8)20-14(25)9-2-3-11(23)19-9/h5-7,9-10,12,22H,2-4H2,1H3,(H2,16,24)(H,17,18)(H,19,23)(H,20,25)(H,21,26)/t7-,9+,10+,12+/m1/s1. The van der Waals surface area contributed by atoms with Crippen molar-refractivity contribution >= 4 is 23.6 Å². The smallest absolute Gasteiger partial charge is 0.243 e. The predicted octanol–water partition coefficient (Wildman–Crippen LogP) is -2.93. The molecule has 1 saturated heterocycles. The Morgan fingerprint density at radius 2 is 2.15 bits per heavy atom. The molecule has 4 atom stereocenters. The summed E-state index contributed by atoms with van der Waals surface area (Å²) in [6, 6.07) is -3.07. The molecular weight excluding hydrogens is 344 g/mol. The first-order valence-electron chi connectivity index (χ1n) is 8.12. The van der Waals surface area contributed by atoms with Crippen molar-refractivity contribution in [3.8, 4) is 0 Å². The van der Waals surface area contributed by atoms with Crippen LogP contribution in [0.5, 0.6) is 0 Å². The zero-order valence-electron chi connectivity index (χ0n) is 14.2. The fourth-order valence-electron chi connectivity index (χ4n) is 2.59. The van der Waals surface area contributed by atoms with Crippen LogP contribution >= 0.6 is 0 Å². The lowest BCUT2D eigenvalue weighted by Gasteiger charge is -2.24. The number of aliphatic hydroxyl groups is 1. The third kappa shape index (κ3) is 5.02. The number of aromatic amines is 1. The van der Waals surface area contributed by atoms with Crippen LogP contribution in [0.15, 0.2) is 12.5 Å². The summed E-state index contributed by atoms with van der Waals surface area (Å²) in [5.41, 5.74) is 5.75. The molecule has 0 saturated carbocycles. The second kappa shape index (κ2) is 8.43. The van der Waals surface area contributed by atoms with Gasteiger partial charge in [-0.3, -0.25) is 19.2 Å². The maximum atomic E-state index is 12.5. The molecule has 0 spiro atoms. The van der Waals surface area contributed by atoms with E-state index >= 15 is 0 Å². The number of imidazole rings is 1. The van der Waals surface area contributed by atoms with Gasteiger partial charge in [-0.2, -0.15) is 0 Å². The van der Waals surface area contributed by atoms with E-state index in [-0.39, 0.29) is 18.7 Å². The summed E-state index contributed by atoms with van der Waals surface area (Å²) in [6.07, 6.45) is 2.36. The number of carbonyl (C=O) groups is 4. The highest BCUT2D eigenvalue weighted by atomic mass is 16.3. The van der Waals surface area contributed by atoms with Gasteiger partial charge in [0.05, 0.1) is 12.4 Å². The molecule has 2 rings (SSSR count). The third-order valence-electron chi connectivity index (χ3n) is 4.01. The molecule has 1 aliphatic rings. The van der Waals surface area contributed by atoms with Gasteiger partial charge in [0.2, 0.25) is 23.6 Å². The third-order valence-corrected chi connectivity index (χ3v) is 4.01. The molecule has 26 heavy (non-hydrogen) atoms. The number of nitrogens with one attached hydrogen (secondary N) is 4. The van der Waals surface area contributed by atoms with Crippen LogP contribution in [0, 0.1) is 0 Å². The number of nitrogens with zero attached hydrogens (tertiary/aromatic N) is 1. The van der Waals surface area contributed by atoms with Gasteiger partial charge >= 0.3 is 0 Å². The van der Waals surface area contributed by atoms with Crippen LogP contribution in [0.3, 0.4) is 0 Å². The fraction of sp³-hybridized carbons (Fsp3) is 0.533. The first-order chi connectivity index (χ1) is 12.3. The van der Waals surface area contributed by atoms with Crippen molar-refractivity contribution in [3.63, 3.8) is 0 Å². The number of nitrogens with two attached hydrogens (primary N) is 1. The Morgan fingerprint density at radius 1 is 1.42 bits per heavy atom. The summed E-state index contributed by atoms with van der Waals surface area (Å²) in [4.78, 5) is 54.2. The Morgan fingerprint density at radius 3 is 2.65 bits per heavy atom. The van der Waals surface area contributed by atoms with Gasteiger partial charge in [-0.1, -0.05) is 0 Å². The summed E-state index contributed by atoms with van der Waals surface area (Å²) < 4.78 is 0. The molecule has 1 fully saturated rings. The number of primary amides is 1. The lowest BCUT2D eigenvalue weighted by atomic mass is 10.1. The van der Waals surface area contributed by atoms with Gasteiger partial charge in [0, 0.05) is 24.7 Å². The lowest BCUT2D eigenvalue weighted by molar-refractivity contribution is -0.133. The number of aliphatic hydroxyl groups excluding tert-OH is 1. The average Bonchev–Trinajstić information content (AvgIpc) is 3.22. The van der Waals surface area contributed by atoms with Gasteiger partial charge in [-0.25, -0.2) is 4.98 Å². The van der Waals surface area contributed by atoms with Crippen molar-refractivity contribution in [1.82, 2.24) is 25.9 Å². The van der Waals surface area contributed by atoms with Crippen molar-refractivity contribution in [3.05, 3.63) is 18.2 Å². The Bertz CT molecular complexity index is 674. The summed E-state index contributed by atoms with van der Waals surface area (Å²) >= 11 is 0. The SMILES string of the molecule is C[C@@H](O)[C@H](NC(=O)[C@H](Cc1cnc[nH]1)NC(=O)[C@@H]1CCC(=O)N1)C(N)=O. The molecule has 142 valence electrons. The molecule has 1 aromatic heterocycles. The van der Waals surface area contributed by atoms with Crippen LogP contribution in [0.1, 0.15) is 25.5 Å². The lowest BCUT2D eigenvalue weighted by Crippen LogP contribution is -2.58. The number of aromatic nitrogens is 2. The molecule has 2 heterocycles. The highest BCUT2D eigenvalue weighted by molar-refractivity contribution is 5.95. The van der Waals surface area contributed by atoms with E-state index < -0.39 is 42.0 Å². The molecule has 1 aliphatic heterocycles. The first kappa shape index (κ1) is 19.4. The Labute approximate surface area is 149 Å². The molecule has 7 N–H and O–H groups in total. The van der Waals surface area contributed by atoms with E-state index in [1.54, 1.807) is 0 Å². The van der Waals surface area contributed by atoms with Crippen LogP contribution in [0.25, 0.3) is 0 Å². The molecule has 0 unspecified atom stereocenters. The zero-order valence-corrected chi connectivity index (χ0v) is 14.2. The number of rotatable bonds is 8. The Balaban J connectivity index is 2.09. The normalized spacial score (nSPS) is 19.9. The van der Waals surface area contributed by atoms with Crippen molar-refractivity contribution in [2.45, 2.75) is 50.4 Å². The van der Waals surface area contributed by atoms with Crippen molar-refractivity contribution in [1.29, 1.82) is 0 Å². The summed E-state index contributed by atoms with van der Waals surface area (Å²) in [6.45, 7) is 1.31. The monoisotopic (exact) mass is 366 g/mol. The van der Waals surface area contributed by atoms with E-state index in [1.165, 1.54) is 19.4 Å². The predicted molar refractivity (Wildman–Crippen MR) is 88.2 cm³/mol. The molecule has 0 aromatic carbocycles. The average molecular weight is 366 g/mol. The Kier molecular flexibility index (Phi) is 6.28. The van der Waals surface area contributed by atoms with Crippen LogP contribution in [0.2, 0.25) is 0 Å². The summed E-state index contributed by atoms with van der Waals surface area (Å²) in [7, 11) is 0. The van der Waals surface area contributed by atoms with E-state index in [0.29, 0.717) is 12.1 Å². The summed E-state index contributed by atoms with van der Waals surface area (Å²) in [5.74, 6) is -2.34. The topological polar surface area (TPSA) is 179 Å². The number of H-pyrrole nitrogens is 1. The van der Waals surface area contributed by atoms with E-state index in [9.17, 15) is 24.3 Å². The molecule has 0 radical (unpaired) electrons. The van der Waals surface area contributed by atoms with Gasteiger partial charge in [-0.15, -0.1) is 0 Å². The van der Waals surface area contributed by atoms with E-state index in [0.717, 1.165) is 0 Å². The van der Waals surface area contributed by atoms with Gasteiger partial charge in [-0.05, 0) is 13.3 Å². The maximum Gasteiger partial charge on any atom is 0.243 e. The number of carbonyl (C=O) groups excluding carboxylic acids is 4. The molecule has 11 nitrogen and oxygen atoms in total. The molecule has 4 amide bonds. The first-order valence-corrected chi connectivity index (χ1v) is 8.12. The largest absolute Gasteiger partial charge is 0.391 e. The van der Waals surface area contributed by atoms with Gasteiger partial charge in [0.25, 0.3) is 0 Å². The van der Waals surface area contributed by atoms with Gasteiger partial charge < -0.3 is 31.8 Å². The highest BCUT2D eigenvalue weighted by Gasteiger charge is 2.32. The van der Waals surface area contributed by atoms with Crippen molar-refractivity contribution in [2.24, 2.45) is 5.73 Å². The number of hydrogen-bond acceptors (Lipinski definition) is 6. The minimum absolute atomic E-state index is 0.0729. The van der Waals surface area contributed by atoms with Crippen LogP contribution in [-0.4, -0.2) is 62.9 Å². The van der Waals surface area contributed by atoms with Crippen LogP contribution in [0.4, 0.5) is 0 Å². The second-order valence-electron chi connectivity index (χ2n) is 6.13. The molecule has 11 heteroatoms. The van der Waals surface area contributed by atoms with Crippen molar-refractivity contribution < 1.29 is 24.3 Å². The van der Waals surface area contributed by atoms with Gasteiger partial charge in [0.15, 0.2) is 0 Å². The van der Waals surface area contributed by atoms with Crippen LogP contribution in [-0.2, 0) is 25.6 Å². The van der Waals surface area contributed by atoms with Crippen molar-refractivity contribution in [2.75, 3.05) is 0 Å². The quantitative estimate of drug-likeness (QED) is 0.286. The second-order valence-corrected chi connectivity index (χ2v) is 6.13. The maximum absolute atomic E-state index is 12.5. The minimum atomic E-state index is -1.30. The molecule has 0 aliphatic carbocycles. The molecule has 1 aromatic rings.